The van der Waals surface area contributed by atoms with E-state index in [0.29, 0.717) is 11.1 Å². The Morgan fingerprint density at radius 3 is 2.57 bits per heavy atom. The molecule has 0 saturated heterocycles. The van der Waals surface area contributed by atoms with E-state index in [0.717, 1.165) is 5.39 Å². The van der Waals surface area contributed by atoms with Crippen molar-refractivity contribution in [3.8, 4) is 22.9 Å². The molecular weight excluding hydrogens is 299 g/mol. The Kier molecular flexibility index (Phi) is 3.01. The van der Waals surface area contributed by atoms with Crippen LogP contribution in [0.15, 0.2) is 68.2 Å². The van der Waals surface area contributed by atoms with Crippen LogP contribution >= 0.6 is 0 Å². The molecule has 0 radical (unpaired) electrons. The summed E-state index contributed by atoms with van der Waals surface area (Å²) in [7, 11) is 0. The van der Waals surface area contributed by atoms with Gasteiger partial charge in [0.15, 0.2) is 0 Å². The summed E-state index contributed by atoms with van der Waals surface area (Å²) in [6, 6.07) is 14.5. The van der Waals surface area contributed by atoms with Crippen LogP contribution in [0.2, 0.25) is 0 Å². The molecule has 112 valence electrons. The summed E-state index contributed by atoms with van der Waals surface area (Å²) in [5.74, 6) is -0.247. The fraction of sp³-hybridized carbons (Fsp3) is 0. The third kappa shape index (κ3) is 2.40. The van der Waals surface area contributed by atoms with Gasteiger partial charge in [-0.25, -0.2) is 9.18 Å². The molecular formula is C17H9FN2O3. The highest BCUT2D eigenvalue weighted by atomic mass is 19.1. The molecule has 2 aromatic heterocycles. The maximum Gasteiger partial charge on any atom is 0.349 e. The zero-order chi connectivity index (χ0) is 15.8. The van der Waals surface area contributed by atoms with Gasteiger partial charge in [-0.05, 0) is 30.3 Å². The number of fused-ring (bicyclic) bond motifs is 1. The standard InChI is InChI=1S/C17H9FN2O3/c18-12-6-3-5-11(8-12)15-19-20-16(23-15)13-9-10-4-1-2-7-14(10)22-17(13)21/h1-9H. The minimum atomic E-state index is -0.571. The molecule has 0 amide bonds. The summed E-state index contributed by atoms with van der Waals surface area (Å²) in [6.45, 7) is 0. The highest BCUT2D eigenvalue weighted by Crippen LogP contribution is 2.24. The minimum absolute atomic E-state index is 0.0313. The molecule has 0 N–H and O–H groups in total. The van der Waals surface area contributed by atoms with E-state index in [9.17, 15) is 9.18 Å². The number of rotatable bonds is 2. The lowest BCUT2D eigenvalue weighted by atomic mass is 10.2. The molecule has 23 heavy (non-hydrogen) atoms. The third-order valence-corrected chi connectivity index (χ3v) is 3.37. The van der Waals surface area contributed by atoms with Crippen LogP contribution in [-0.4, -0.2) is 10.2 Å². The van der Waals surface area contributed by atoms with E-state index in [4.69, 9.17) is 8.83 Å². The summed E-state index contributed by atoms with van der Waals surface area (Å²) < 4.78 is 24.0. The molecule has 0 aliphatic carbocycles. The van der Waals surface area contributed by atoms with Crippen LogP contribution in [0.1, 0.15) is 0 Å². The molecule has 0 aliphatic heterocycles. The van der Waals surface area contributed by atoms with E-state index < -0.39 is 11.4 Å². The number of halogens is 1. The molecule has 0 bridgehead atoms. The van der Waals surface area contributed by atoms with Crippen molar-refractivity contribution in [2.45, 2.75) is 0 Å². The fourth-order valence-corrected chi connectivity index (χ4v) is 2.28. The molecule has 4 aromatic rings. The lowest BCUT2D eigenvalue weighted by molar-refractivity contribution is 0.547. The van der Waals surface area contributed by atoms with Crippen LogP contribution in [0.4, 0.5) is 4.39 Å². The number of nitrogens with zero attached hydrogens (tertiary/aromatic N) is 2. The highest BCUT2D eigenvalue weighted by Gasteiger charge is 2.16. The van der Waals surface area contributed by atoms with Crippen molar-refractivity contribution < 1.29 is 13.2 Å². The average Bonchev–Trinajstić information content (AvgIpc) is 3.04. The van der Waals surface area contributed by atoms with E-state index in [1.807, 2.05) is 12.1 Å². The van der Waals surface area contributed by atoms with Crippen molar-refractivity contribution in [3.05, 3.63) is 70.8 Å². The van der Waals surface area contributed by atoms with E-state index in [1.165, 1.54) is 12.1 Å². The number of hydrogen-bond acceptors (Lipinski definition) is 5. The van der Waals surface area contributed by atoms with Crippen molar-refractivity contribution in [2.75, 3.05) is 0 Å². The van der Waals surface area contributed by atoms with E-state index in [1.54, 1.807) is 30.3 Å². The van der Waals surface area contributed by atoms with Crippen LogP contribution in [-0.2, 0) is 0 Å². The quantitative estimate of drug-likeness (QED) is 0.529. The number of hydrogen-bond donors (Lipinski definition) is 0. The minimum Gasteiger partial charge on any atom is -0.422 e. The zero-order valence-corrected chi connectivity index (χ0v) is 11.7. The third-order valence-electron chi connectivity index (χ3n) is 3.37. The normalized spacial score (nSPS) is 11.0. The van der Waals surface area contributed by atoms with Gasteiger partial charge in [-0.2, -0.15) is 0 Å². The van der Waals surface area contributed by atoms with E-state index >= 15 is 0 Å². The van der Waals surface area contributed by atoms with Gasteiger partial charge >= 0.3 is 5.63 Å². The zero-order valence-electron chi connectivity index (χ0n) is 11.7. The molecule has 4 rings (SSSR count). The Hall–Kier alpha value is -3.28. The Morgan fingerprint density at radius 2 is 1.70 bits per heavy atom. The Labute approximate surface area is 129 Å². The number of aromatic nitrogens is 2. The Bertz CT molecular complexity index is 1070. The van der Waals surface area contributed by atoms with Crippen molar-refractivity contribution >= 4 is 11.0 Å². The number of para-hydroxylation sites is 1. The van der Waals surface area contributed by atoms with Crippen LogP contribution < -0.4 is 5.63 Å². The van der Waals surface area contributed by atoms with Gasteiger partial charge < -0.3 is 8.83 Å². The Morgan fingerprint density at radius 1 is 0.870 bits per heavy atom. The molecule has 5 nitrogen and oxygen atoms in total. The maximum absolute atomic E-state index is 13.3. The van der Waals surface area contributed by atoms with Crippen LogP contribution in [0.3, 0.4) is 0 Å². The molecule has 2 aromatic carbocycles. The maximum atomic E-state index is 13.3. The van der Waals surface area contributed by atoms with Gasteiger partial charge in [-0.1, -0.05) is 24.3 Å². The second-order valence-corrected chi connectivity index (χ2v) is 4.91. The molecule has 6 heteroatoms. The van der Waals surface area contributed by atoms with Crippen molar-refractivity contribution in [2.24, 2.45) is 0 Å². The molecule has 0 atom stereocenters. The largest absolute Gasteiger partial charge is 0.422 e. The molecule has 2 heterocycles. The summed E-state index contributed by atoms with van der Waals surface area (Å²) in [4.78, 5) is 12.1. The van der Waals surface area contributed by atoms with Crippen molar-refractivity contribution in [3.63, 3.8) is 0 Å². The lowest BCUT2D eigenvalue weighted by Crippen LogP contribution is -2.02. The van der Waals surface area contributed by atoms with Crippen LogP contribution in [0.25, 0.3) is 33.9 Å². The SMILES string of the molecule is O=c1oc2ccccc2cc1-c1nnc(-c2cccc(F)c2)o1. The second-order valence-electron chi connectivity index (χ2n) is 4.91. The molecule has 0 aliphatic rings. The first kappa shape index (κ1) is 13.4. The Balaban J connectivity index is 1.83. The van der Waals surface area contributed by atoms with Crippen LogP contribution in [0, 0.1) is 5.82 Å². The first-order valence-corrected chi connectivity index (χ1v) is 6.83. The summed E-state index contributed by atoms with van der Waals surface area (Å²) in [5, 5.41) is 8.47. The predicted octanol–water partition coefficient (Wildman–Crippen LogP) is 3.65. The molecule has 0 spiro atoms. The van der Waals surface area contributed by atoms with Gasteiger partial charge in [0.1, 0.15) is 17.0 Å². The van der Waals surface area contributed by atoms with Gasteiger partial charge in [-0.3, -0.25) is 0 Å². The monoisotopic (exact) mass is 308 g/mol. The highest BCUT2D eigenvalue weighted by molar-refractivity contribution is 5.80. The van der Waals surface area contributed by atoms with Crippen molar-refractivity contribution in [1.29, 1.82) is 0 Å². The molecule has 0 saturated carbocycles. The van der Waals surface area contributed by atoms with Gasteiger partial charge in [0.2, 0.25) is 5.89 Å². The predicted molar refractivity (Wildman–Crippen MR) is 81.2 cm³/mol. The van der Waals surface area contributed by atoms with Gasteiger partial charge in [0.25, 0.3) is 5.89 Å². The first-order valence-electron chi connectivity index (χ1n) is 6.83. The number of benzene rings is 2. The summed E-state index contributed by atoms with van der Waals surface area (Å²) in [5.41, 5.74) is 0.511. The van der Waals surface area contributed by atoms with E-state index in [2.05, 4.69) is 10.2 Å². The topological polar surface area (TPSA) is 69.1 Å². The van der Waals surface area contributed by atoms with Gasteiger partial charge in [0.05, 0.1) is 0 Å². The molecule has 0 fully saturated rings. The molecule has 0 unspecified atom stereocenters. The van der Waals surface area contributed by atoms with Crippen LogP contribution in [0.5, 0.6) is 0 Å². The second kappa shape index (κ2) is 5.17. The van der Waals surface area contributed by atoms with Gasteiger partial charge in [-0.15, -0.1) is 10.2 Å². The van der Waals surface area contributed by atoms with Gasteiger partial charge in [0, 0.05) is 10.9 Å². The summed E-state index contributed by atoms with van der Waals surface area (Å²) >= 11 is 0. The summed E-state index contributed by atoms with van der Waals surface area (Å²) in [6.07, 6.45) is 0. The lowest BCUT2D eigenvalue weighted by Gasteiger charge is -1.98. The fourth-order valence-electron chi connectivity index (χ4n) is 2.28. The van der Waals surface area contributed by atoms with Crippen molar-refractivity contribution in [1.82, 2.24) is 10.2 Å². The smallest absolute Gasteiger partial charge is 0.349 e. The first-order chi connectivity index (χ1) is 11.2. The van der Waals surface area contributed by atoms with E-state index in [-0.39, 0.29) is 17.3 Å². The average molecular weight is 308 g/mol.